The highest BCUT2D eigenvalue weighted by Crippen LogP contribution is 2.22. The molecule has 1 aliphatic heterocycles. The first-order valence-electron chi connectivity index (χ1n) is 4.78. The summed E-state index contributed by atoms with van der Waals surface area (Å²) in [7, 11) is 3.81. The Morgan fingerprint density at radius 3 is 2.29 bits per heavy atom. The Balaban J connectivity index is 2.44. The van der Waals surface area contributed by atoms with Gasteiger partial charge in [-0.25, -0.2) is 4.79 Å². The van der Waals surface area contributed by atoms with Gasteiger partial charge in [0.25, 0.3) is 0 Å². The molecule has 5 nitrogen and oxygen atoms in total. The van der Waals surface area contributed by atoms with E-state index in [9.17, 15) is 9.90 Å². The molecule has 0 aromatic heterocycles. The number of rotatable bonds is 2. The van der Waals surface area contributed by atoms with E-state index in [0.717, 1.165) is 0 Å². The molecule has 1 fully saturated rings. The SMILES string of the molecule is CN(C)CC1(O)CCN(C(=O)O)CC1. The average Bonchev–Trinajstić information content (AvgIpc) is 2.02. The zero-order chi connectivity index (χ0) is 10.8. The standard InChI is InChI=1S/C9H18N2O3/c1-10(2)7-9(14)3-5-11(6-4-9)8(12)13/h14H,3-7H2,1-2H3,(H,12,13). The molecule has 0 unspecified atom stereocenters. The van der Waals surface area contributed by atoms with E-state index in [-0.39, 0.29) is 0 Å². The maximum atomic E-state index is 10.6. The number of hydrogen-bond donors (Lipinski definition) is 2. The van der Waals surface area contributed by atoms with E-state index in [0.29, 0.717) is 32.5 Å². The quantitative estimate of drug-likeness (QED) is 0.664. The normalized spacial score (nSPS) is 21.3. The fraction of sp³-hybridized carbons (Fsp3) is 0.889. The van der Waals surface area contributed by atoms with Gasteiger partial charge in [-0.3, -0.25) is 0 Å². The van der Waals surface area contributed by atoms with Crippen LogP contribution in [0.2, 0.25) is 0 Å². The fourth-order valence-electron chi connectivity index (χ4n) is 1.86. The average molecular weight is 202 g/mol. The highest BCUT2D eigenvalue weighted by Gasteiger charge is 2.34. The Bertz CT molecular complexity index is 210. The predicted molar refractivity (Wildman–Crippen MR) is 52.3 cm³/mol. The van der Waals surface area contributed by atoms with Gasteiger partial charge in [-0.2, -0.15) is 0 Å². The van der Waals surface area contributed by atoms with Crippen LogP contribution in [0.15, 0.2) is 0 Å². The number of likely N-dealkylation sites (tertiary alicyclic amines) is 1. The molecule has 1 amide bonds. The van der Waals surface area contributed by atoms with Crippen molar-refractivity contribution in [2.45, 2.75) is 18.4 Å². The van der Waals surface area contributed by atoms with E-state index in [1.54, 1.807) is 0 Å². The molecule has 82 valence electrons. The molecular weight excluding hydrogens is 184 g/mol. The van der Waals surface area contributed by atoms with E-state index in [1.807, 2.05) is 19.0 Å². The summed E-state index contributed by atoms with van der Waals surface area (Å²) < 4.78 is 0. The lowest BCUT2D eigenvalue weighted by atomic mass is 9.91. The summed E-state index contributed by atoms with van der Waals surface area (Å²) in [4.78, 5) is 13.9. The molecule has 5 heteroatoms. The Kier molecular flexibility index (Phi) is 3.34. The van der Waals surface area contributed by atoms with Crippen molar-refractivity contribution in [3.8, 4) is 0 Å². The summed E-state index contributed by atoms with van der Waals surface area (Å²) in [6.45, 7) is 1.46. The third-order valence-electron chi connectivity index (χ3n) is 2.58. The van der Waals surface area contributed by atoms with Crippen LogP contribution >= 0.6 is 0 Å². The van der Waals surface area contributed by atoms with E-state index >= 15 is 0 Å². The molecule has 0 aromatic rings. The van der Waals surface area contributed by atoms with Crippen LogP contribution in [-0.4, -0.2) is 65.4 Å². The van der Waals surface area contributed by atoms with Gasteiger partial charge in [0.1, 0.15) is 0 Å². The predicted octanol–water partition coefficient (Wildman–Crippen LogP) is 0.0529. The summed E-state index contributed by atoms with van der Waals surface area (Å²) in [5, 5.41) is 18.8. The molecule has 0 bridgehead atoms. The van der Waals surface area contributed by atoms with Gasteiger partial charge >= 0.3 is 6.09 Å². The lowest BCUT2D eigenvalue weighted by Gasteiger charge is -2.38. The van der Waals surface area contributed by atoms with Crippen LogP contribution in [0.5, 0.6) is 0 Å². The Labute approximate surface area is 83.9 Å². The van der Waals surface area contributed by atoms with Crippen molar-refractivity contribution in [1.29, 1.82) is 0 Å². The summed E-state index contributed by atoms with van der Waals surface area (Å²) in [5.41, 5.74) is -0.713. The van der Waals surface area contributed by atoms with Crippen molar-refractivity contribution in [2.75, 3.05) is 33.7 Å². The van der Waals surface area contributed by atoms with Crippen LogP contribution < -0.4 is 0 Å². The van der Waals surface area contributed by atoms with Crippen molar-refractivity contribution in [1.82, 2.24) is 9.80 Å². The van der Waals surface area contributed by atoms with Gasteiger partial charge < -0.3 is 20.0 Å². The number of carbonyl (C=O) groups is 1. The molecule has 0 aliphatic carbocycles. The Morgan fingerprint density at radius 2 is 1.93 bits per heavy atom. The molecule has 14 heavy (non-hydrogen) atoms. The molecule has 0 atom stereocenters. The van der Waals surface area contributed by atoms with Gasteiger partial charge in [0.2, 0.25) is 0 Å². The van der Waals surface area contributed by atoms with Crippen LogP contribution in [0.1, 0.15) is 12.8 Å². The van der Waals surface area contributed by atoms with Crippen LogP contribution in [0.4, 0.5) is 4.79 Å². The maximum Gasteiger partial charge on any atom is 0.407 e. The number of piperidine rings is 1. The number of likely N-dealkylation sites (N-methyl/N-ethyl adjacent to an activating group) is 1. The monoisotopic (exact) mass is 202 g/mol. The molecule has 0 radical (unpaired) electrons. The van der Waals surface area contributed by atoms with Crippen molar-refractivity contribution >= 4 is 6.09 Å². The van der Waals surface area contributed by atoms with Gasteiger partial charge in [0, 0.05) is 19.6 Å². The van der Waals surface area contributed by atoms with Crippen LogP contribution in [-0.2, 0) is 0 Å². The first kappa shape index (κ1) is 11.3. The Hall–Kier alpha value is -0.810. The van der Waals surface area contributed by atoms with Gasteiger partial charge in [-0.1, -0.05) is 0 Å². The minimum absolute atomic E-state index is 0.430. The fourth-order valence-corrected chi connectivity index (χ4v) is 1.86. The Morgan fingerprint density at radius 1 is 1.43 bits per heavy atom. The minimum atomic E-state index is -0.892. The maximum absolute atomic E-state index is 10.6. The third-order valence-corrected chi connectivity index (χ3v) is 2.58. The number of carboxylic acid groups (broad SMARTS) is 1. The molecule has 0 spiro atoms. The molecule has 1 rings (SSSR count). The smallest absolute Gasteiger partial charge is 0.407 e. The highest BCUT2D eigenvalue weighted by atomic mass is 16.4. The second-order valence-electron chi connectivity index (χ2n) is 4.23. The van der Waals surface area contributed by atoms with Crippen molar-refractivity contribution in [3.63, 3.8) is 0 Å². The molecule has 0 aromatic carbocycles. The zero-order valence-corrected chi connectivity index (χ0v) is 8.73. The molecule has 1 saturated heterocycles. The van der Waals surface area contributed by atoms with Crippen LogP contribution in [0.25, 0.3) is 0 Å². The summed E-state index contributed by atoms with van der Waals surface area (Å²) in [6, 6.07) is 0. The van der Waals surface area contributed by atoms with E-state index in [1.165, 1.54) is 4.90 Å². The molecular formula is C9H18N2O3. The number of hydrogen-bond acceptors (Lipinski definition) is 3. The van der Waals surface area contributed by atoms with E-state index in [4.69, 9.17) is 5.11 Å². The van der Waals surface area contributed by atoms with Crippen molar-refractivity contribution in [2.24, 2.45) is 0 Å². The van der Waals surface area contributed by atoms with Crippen molar-refractivity contribution in [3.05, 3.63) is 0 Å². The highest BCUT2D eigenvalue weighted by molar-refractivity contribution is 5.65. The second kappa shape index (κ2) is 4.14. The summed E-state index contributed by atoms with van der Waals surface area (Å²) in [5.74, 6) is 0. The summed E-state index contributed by atoms with van der Waals surface area (Å²) in [6.07, 6.45) is 0.159. The number of aliphatic hydroxyl groups is 1. The number of amides is 1. The number of nitrogens with zero attached hydrogens (tertiary/aromatic N) is 2. The lowest BCUT2D eigenvalue weighted by Crippen LogP contribution is -2.50. The first-order chi connectivity index (χ1) is 6.43. The molecule has 0 saturated carbocycles. The van der Waals surface area contributed by atoms with E-state index in [2.05, 4.69) is 0 Å². The zero-order valence-electron chi connectivity index (χ0n) is 8.73. The van der Waals surface area contributed by atoms with Gasteiger partial charge in [-0.15, -0.1) is 0 Å². The topological polar surface area (TPSA) is 64.0 Å². The van der Waals surface area contributed by atoms with Crippen molar-refractivity contribution < 1.29 is 15.0 Å². The first-order valence-corrected chi connectivity index (χ1v) is 4.78. The van der Waals surface area contributed by atoms with E-state index < -0.39 is 11.7 Å². The summed E-state index contributed by atoms with van der Waals surface area (Å²) >= 11 is 0. The minimum Gasteiger partial charge on any atom is -0.465 e. The third kappa shape index (κ3) is 2.85. The van der Waals surface area contributed by atoms with Gasteiger partial charge in [0.15, 0.2) is 0 Å². The molecule has 2 N–H and O–H groups in total. The molecule has 1 heterocycles. The van der Waals surface area contributed by atoms with Crippen LogP contribution in [0, 0.1) is 0 Å². The largest absolute Gasteiger partial charge is 0.465 e. The van der Waals surface area contributed by atoms with Gasteiger partial charge in [0.05, 0.1) is 5.60 Å². The second-order valence-corrected chi connectivity index (χ2v) is 4.23. The lowest BCUT2D eigenvalue weighted by molar-refractivity contribution is -0.0329. The molecule has 1 aliphatic rings. The van der Waals surface area contributed by atoms with Crippen LogP contribution in [0.3, 0.4) is 0 Å². The van der Waals surface area contributed by atoms with Gasteiger partial charge in [-0.05, 0) is 26.9 Å².